The number of hydrogen-bond donors (Lipinski definition) is 2. The topological polar surface area (TPSA) is 59.1 Å². The van der Waals surface area contributed by atoms with Gasteiger partial charge in [0.25, 0.3) is 0 Å². The van der Waals surface area contributed by atoms with Crippen LogP contribution in [0, 0.1) is 12.7 Å². The SMILES string of the molecule is Cc1cc(-c2cncc(F)c2)ccc1[C@@H](O)[C@@H](N)c1ccc(Cl)c(Cl)c1.Cl.Cl. The summed E-state index contributed by atoms with van der Waals surface area (Å²) in [6, 6.07) is 11.3. The van der Waals surface area contributed by atoms with Gasteiger partial charge in [0.05, 0.1) is 28.4 Å². The summed E-state index contributed by atoms with van der Waals surface area (Å²) in [5.41, 5.74) is 9.92. The van der Waals surface area contributed by atoms with Gasteiger partial charge in [-0.15, -0.1) is 24.8 Å². The first-order chi connectivity index (χ1) is 12.4. The molecule has 0 amide bonds. The highest BCUT2D eigenvalue weighted by atomic mass is 35.5. The van der Waals surface area contributed by atoms with Crippen LogP contribution in [0.15, 0.2) is 54.9 Å². The molecule has 1 aromatic heterocycles. The number of aromatic nitrogens is 1. The maximum atomic E-state index is 13.4. The van der Waals surface area contributed by atoms with Crippen LogP contribution in [-0.2, 0) is 0 Å². The Hall–Kier alpha value is -1.40. The van der Waals surface area contributed by atoms with Gasteiger partial charge >= 0.3 is 0 Å². The molecule has 0 saturated heterocycles. The molecular weight excluding hydrogens is 445 g/mol. The molecular formula is C20H19Cl4FN2O. The third kappa shape index (κ3) is 5.35. The average Bonchev–Trinajstić information content (AvgIpc) is 2.62. The quantitative estimate of drug-likeness (QED) is 0.492. The summed E-state index contributed by atoms with van der Waals surface area (Å²) < 4.78 is 13.4. The second-order valence-corrected chi connectivity index (χ2v) is 6.92. The van der Waals surface area contributed by atoms with Crippen molar-refractivity contribution in [3.05, 3.63) is 87.4 Å². The molecule has 0 saturated carbocycles. The summed E-state index contributed by atoms with van der Waals surface area (Å²) in [4.78, 5) is 3.86. The van der Waals surface area contributed by atoms with Crippen LogP contribution in [0.1, 0.15) is 28.8 Å². The zero-order valence-corrected chi connectivity index (χ0v) is 17.9. The number of pyridine rings is 1. The van der Waals surface area contributed by atoms with E-state index in [0.717, 1.165) is 17.3 Å². The molecule has 3 N–H and O–H groups in total. The second kappa shape index (κ2) is 10.4. The number of nitrogens with two attached hydrogens (primary N) is 1. The molecule has 8 heteroatoms. The van der Waals surface area contributed by atoms with Gasteiger partial charge in [-0.1, -0.05) is 47.5 Å². The summed E-state index contributed by atoms with van der Waals surface area (Å²) in [5.74, 6) is -0.397. The first-order valence-corrected chi connectivity index (χ1v) is 8.72. The molecule has 2 aromatic carbocycles. The third-order valence-corrected chi connectivity index (χ3v) is 5.03. The minimum absolute atomic E-state index is 0. The maximum absolute atomic E-state index is 13.4. The standard InChI is InChI=1S/C20H17Cl2FN2O.2ClH/c1-11-6-12(14-7-15(23)10-25-9-14)2-4-16(11)20(26)19(24)13-3-5-17(21)18(22)8-13;;/h2-10,19-20,26H,24H2,1H3;2*1H/t19-,20+;;/m0../s1. The fourth-order valence-electron chi connectivity index (χ4n) is 2.85. The lowest BCUT2D eigenvalue weighted by Crippen LogP contribution is -2.20. The van der Waals surface area contributed by atoms with Crippen molar-refractivity contribution in [1.29, 1.82) is 0 Å². The Kier molecular flexibility index (Phi) is 9.15. The lowest BCUT2D eigenvalue weighted by atomic mass is 9.92. The molecule has 3 rings (SSSR count). The molecule has 0 bridgehead atoms. The predicted octanol–water partition coefficient (Wildman–Crippen LogP) is 6.08. The van der Waals surface area contributed by atoms with Gasteiger partial charge in [0, 0.05) is 11.8 Å². The molecule has 2 atom stereocenters. The Morgan fingerprint density at radius 3 is 2.29 bits per heavy atom. The zero-order valence-electron chi connectivity index (χ0n) is 14.8. The van der Waals surface area contributed by atoms with Crippen molar-refractivity contribution in [1.82, 2.24) is 4.98 Å². The Morgan fingerprint density at radius 2 is 1.68 bits per heavy atom. The van der Waals surface area contributed by atoms with Crippen LogP contribution in [0.2, 0.25) is 10.0 Å². The minimum atomic E-state index is -0.924. The first kappa shape index (κ1) is 24.6. The van der Waals surface area contributed by atoms with Crippen molar-refractivity contribution >= 4 is 48.0 Å². The van der Waals surface area contributed by atoms with Crippen LogP contribution < -0.4 is 5.73 Å². The average molecular weight is 464 g/mol. The number of aliphatic hydroxyl groups is 1. The van der Waals surface area contributed by atoms with Crippen LogP contribution in [-0.4, -0.2) is 10.1 Å². The van der Waals surface area contributed by atoms with Crippen molar-refractivity contribution in [2.75, 3.05) is 0 Å². The van der Waals surface area contributed by atoms with Gasteiger partial charge in [-0.25, -0.2) is 4.39 Å². The van der Waals surface area contributed by atoms with Gasteiger partial charge in [-0.05, 0) is 47.4 Å². The highest BCUT2D eigenvalue weighted by Crippen LogP contribution is 2.33. The Morgan fingerprint density at radius 1 is 0.964 bits per heavy atom. The number of halogens is 5. The molecule has 0 aliphatic rings. The highest BCUT2D eigenvalue weighted by Gasteiger charge is 2.21. The van der Waals surface area contributed by atoms with E-state index in [2.05, 4.69) is 4.98 Å². The molecule has 0 aliphatic heterocycles. The predicted molar refractivity (Wildman–Crippen MR) is 117 cm³/mol. The van der Waals surface area contributed by atoms with E-state index in [1.165, 1.54) is 6.07 Å². The van der Waals surface area contributed by atoms with E-state index in [4.69, 9.17) is 28.9 Å². The maximum Gasteiger partial charge on any atom is 0.142 e. The Bertz CT molecular complexity index is 955. The number of rotatable bonds is 4. The Labute approximate surface area is 185 Å². The second-order valence-electron chi connectivity index (χ2n) is 6.11. The fraction of sp³-hybridized carbons (Fsp3) is 0.150. The molecule has 0 radical (unpaired) electrons. The van der Waals surface area contributed by atoms with Gasteiger partial charge in [-0.3, -0.25) is 4.98 Å². The van der Waals surface area contributed by atoms with Crippen molar-refractivity contribution < 1.29 is 9.50 Å². The van der Waals surface area contributed by atoms with Crippen LogP contribution in [0.3, 0.4) is 0 Å². The van der Waals surface area contributed by atoms with Gasteiger partial charge < -0.3 is 10.8 Å². The summed E-state index contributed by atoms with van der Waals surface area (Å²) >= 11 is 12.0. The first-order valence-electron chi connectivity index (χ1n) is 7.97. The van der Waals surface area contributed by atoms with Gasteiger partial charge in [0.15, 0.2) is 0 Å². The number of aryl methyl sites for hydroxylation is 1. The van der Waals surface area contributed by atoms with E-state index in [-0.39, 0.29) is 24.8 Å². The van der Waals surface area contributed by atoms with Crippen molar-refractivity contribution in [2.24, 2.45) is 5.73 Å². The summed E-state index contributed by atoms with van der Waals surface area (Å²) in [5, 5.41) is 11.5. The summed E-state index contributed by atoms with van der Waals surface area (Å²) in [6.07, 6.45) is 1.83. The summed E-state index contributed by atoms with van der Waals surface area (Å²) in [6.45, 7) is 1.87. The van der Waals surface area contributed by atoms with Crippen molar-refractivity contribution in [2.45, 2.75) is 19.1 Å². The fourth-order valence-corrected chi connectivity index (χ4v) is 3.16. The van der Waals surface area contributed by atoms with Crippen molar-refractivity contribution in [3.63, 3.8) is 0 Å². The van der Waals surface area contributed by atoms with Gasteiger partial charge in [0.1, 0.15) is 5.82 Å². The lowest BCUT2D eigenvalue weighted by molar-refractivity contribution is 0.146. The van der Waals surface area contributed by atoms with Crippen LogP contribution in [0.5, 0.6) is 0 Å². The largest absolute Gasteiger partial charge is 0.386 e. The van der Waals surface area contributed by atoms with E-state index < -0.39 is 18.0 Å². The lowest BCUT2D eigenvalue weighted by Gasteiger charge is -2.22. The van der Waals surface area contributed by atoms with Crippen LogP contribution >= 0.6 is 48.0 Å². The smallest absolute Gasteiger partial charge is 0.142 e. The molecule has 150 valence electrons. The van der Waals surface area contributed by atoms with Crippen molar-refractivity contribution in [3.8, 4) is 11.1 Å². The van der Waals surface area contributed by atoms with E-state index in [0.29, 0.717) is 26.7 Å². The molecule has 0 spiro atoms. The zero-order chi connectivity index (χ0) is 18.8. The number of aliphatic hydroxyl groups excluding tert-OH is 1. The number of hydrogen-bond acceptors (Lipinski definition) is 3. The van der Waals surface area contributed by atoms with Crippen LogP contribution in [0.25, 0.3) is 11.1 Å². The van der Waals surface area contributed by atoms with E-state index in [1.807, 2.05) is 19.1 Å². The molecule has 0 aliphatic carbocycles. The Balaban J connectivity index is 0.00000196. The minimum Gasteiger partial charge on any atom is -0.386 e. The van der Waals surface area contributed by atoms with E-state index in [1.54, 1.807) is 30.5 Å². The summed E-state index contributed by atoms with van der Waals surface area (Å²) in [7, 11) is 0. The molecule has 3 nitrogen and oxygen atoms in total. The van der Waals surface area contributed by atoms with E-state index >= 15 is 0 Å². The normalized spacial score (nSPS) is 12.5. The number of benzene rings is 2. The third-order valence-electron chi connectivity index (χ3n) is 4.30. The number of nitrogens with zero attached hydrogens (tertiary/aromatic N) is 1. The van der Waals surface area contributed by atoms with Gasteiger partial charge in [-0.2, -0.15) is 0 Å². The highest BCUT2D eigenvalue weighted by molar-refractivity contribution is 6.42. The van der Waals surface area contributed by atoms with E-state index in [9.17, 15) is 9.50 Å². The molecule has 0 fully saturated rings. The molecule has 28 heavy (non-hydrogen) atoms. The molecule has 0 unspecified atom stereocenters. The molecule has 3 aromatic rings. The van der Waals surface area contributed by atoms with Crippen LogP contribution in [0.4, 0.5) is 4.39 Å². The monoisotopic (exact) mass is 462 g/mol. The molecule has 1 heterocycles. The van der Waals surface area contributed by atoms with Gasteiger partial charge in [0.2, 0.25) is 0 Å².